The van der Waals surface area contributed by atoms with Gasteiger partial charge < -0.3 is 9.84 Å². The van der Waals surface area contributed by atoms with Crippen LogP contribution >= 0.6 is 0 Å². The Kier molecular flexibility index (Phi) is 3.59. The van der Waals surface area contributed by atoms with Crippen molar-refractivity contribution < 1.29 is 18.1 Å². The van der Waals surface area contributed by atoms with E-state index in [4.69, 9.17) is 4.52 Å². The third-order valence-corrected chi connectivity index (χ3v) is 2.41. The first-order valence-electron chi connectivity index (χ1n) is 5.51. The molecule has 6 nitrogen and oxygen atoms in total. The third kappa shape index (κ3) is 3.15. The lowest BCUT2D eigenvalue weighted by Crippen LogP contribution is -2.20. The molecule has 2 rings (SSSR count). The number of nitrogens with zero attached hydrogens (tertiary/aromatic N) is 3. The Morgan fingerprint density at radius 1 is 1.47 bits per heavy atom. The van der Waals surface area contributed by atoms with Crippen LogP contribution in [0.1, 0.15) is 23.6 Å². The van der Waals surface area contributed by atoms with Gasteiger partial charge in [-0.2, -0.15) is 5.10 Å². The second-order valence-corrected chi connectivity index (χ2v) is 4.04. The summed E-state index contributed by atoms with van der Waals surface area (Å²) < 4.78 is 30.9. The molecule has 2 aromatic rings. The molecule has 0 radical (unpaired) electrons. The number of alkyl halides is 2. The van der Waals surface area contributed by atoms with Crippen LogP contribution in [0, 0.1) is 13.8 Å². The molecule has 0 unspecified atom stereocenters. The van der Waals surface area contributed by atoms with Gasteiger partial charge >= 0.3 is 0 Å². The summed E-state index contributed by atoms with van der Waals surface area (Å²) in [6.07, 6.45) is -2.65. The zero-order chi connectivity index (χ0) is 14.0. The fourth-order valence-corrected chi connectivity index (χ4v) is 1.55. The topological polar surface area (TPSA) is 73.0 Å². The zero-order valence-corrected chi connectivity index (χ0v) is 10.4. The molecule has 2 aromatic heterocycles. The summed E-state index contributed by atoms with van der Waals surface area (Å²) >= 11 is 0. The molecule has 102 valence electrons. The van der Waals surface area contributed by atoms with Gasteiger partial charge in [0.1, 0.15) is 18.0 Å². The molecule has 0 saturated heterocycles. The van der Waals surface area contributed by atoms with Crippen LogP contribution in [-0.4, -0.2) is 20.8 Å². The third-order valence-electron chi connectivity index (χ3n) is 2.41. The number of carbonyl (C=O) groups excluding carboxylic acids is 1. The Bertz CT molecular complexity index is 591. The maximum absolute atomic E-state index is 12.4. The van der Waals surface area contributed by atoms with E-state index >= 15 is 0 Å². The number of carbonyl (C=O) groups is 1. The van der Waals surface area contributed by atoms with Gasteiger partial charge in [0.2, 0.25) is 5.91 Å². The lowest BCUT2D eigenvalue weighted by molar-refractivity contribution is -0.117. The van der Waals surface area contributed by atoms with Crippen molar-refractivity contribution in [2.45, 2.75) is 26.8 Å². The molecule has 0 aromatic carbocycles. The molecule has 0 spiro atoms. The average Bonchev–Trinajstić information content (AvgIpc) is 2.86. The van der Waals surface area contributed by atoms with Crippen molar-refractivity contribution in [3.05, 3.63) is 29.3 Å². The van der Waals surface area contributed by atoms with Crippen molar-refractivity contribution in [1.29, 1.82) is 0 Å². The molecule has 1 amide bonds. The molecule has 0 aliphatic rings. The van der Waals surface area contributed by atoms with Crippen molar-refractivity contribution in [3.8, 4) is 0 Å². The van der Waals surface area contributed by atoms with E-state index in [-0.39, 0.29) is 18.1 Å². The maximum atomic E-state index is 12.4. The minimum Gasteiger partial charge on any atom is -0.360 e. The fraction of sp³-hybridized carbons (Fsp3) is 0.364. The van der Waals surface area contributed by atoms with E-state index in [0.29, 0.717) is 11.5 Å². The van der Waals surface area contributed by atoms with Crippen molar-refractivity contribution in [3.63, 3.8) is 0 Å². The Balaban J connectivity index is 2.02. The van der Waals surface area contributed by atoms with Gasteiger partial charge in [-0.05, 0) is 19.9 Å². The first-order valence-corrected chi connectivity index (χ1v) is 5.51. The minimum atomic E-state index is -2.65. The number of anilines is 1. The maximum Gasteiger partial charge on any atom is 0.282 e. The summed E-state index contributed by atoms with van der Waals surface area (Å²) in [6, 6.07) is 2.80. The van der Waals surface area contributed by atoms with Gasteiger partial charge in [0.25, 0.3) is 6.43 Å². The molecular weight excluding hydrogens is 258 g/mol. The molecule has 0 saturated carbocycles. The number of rotatable bonds is 4. The highest BCUT2D eigenvalue weighted by molar-refractivity contribution is 5.89. The minimum absolute atomic E-state index is 0.162. The highest BCUT2D eigenvalue weighted by Crippen LogP contribution is 2.17. The number of nitrogens with one attached hydrogen (secondary N) is 1. The highest BCUT2D eigenvalue weighted by atomic mass is 19.3. The van der Waals surface area contributed by atoms with E-state index in [1.807, 2.05) is 0 Å². The summed E-state index contributed by atoms with van der Waals surface area (Å²) in [6.45, 7) is 3.13. The number of hydrogen-bond donors (Lipinski definition) is 1. The van der Waals surface area contributed by atoms with Crippen molar-refractivity contribution in [1.82, 2.24) is 14.9 Å². The van der Waals surface area contributed by atoms with Crippen LogP contribution in [0.5, 0.6) is 0 Å². The Hall–Kier alpha value is -2.25. The quantitative estimate of drug-likeness (QED) is 0.923. The molecule has 0 bridgehead atoms. The lowest BCUT2D eigenvalue weighted by atomic mass is 10.4. The molecule has 0 fully saturated rings. The molecule has 1 N–H and O–H groups in total. The first-order chi connectivity index (χ1) is 8.95. The van der Waals surface area contributed by atoms with E-state index in [1.54, 1.807) is 19.9 Å². The Labute approximate surface area is 107 Å². The van der Waals surface area contributed by atoms with Crippen LogP contribution in [0.4, 0.5) is 14.6 Å². The van der Waals surface area contributed by atoms with Crippen LogP contribution in [0.3, 0.4) is 0 Å². The smallest absolute Gasteiger partial charge is 0.282 e. The standard InChI is InChI=1S/C11H12F2N4O2/c1-6-3-8(11(12)13)15-17(6)5-10(18)14-9-4-7(2)19-16-9/h3-4,11H,5H2,1-2H3,(H,14,16,18). The van der Waals surface area contributed by atoms with E-state index in [0.717, 1.165) is 0 Å². The van der Waals surface area contributed by atoms with Gasteiger partial charge in [0.15, 0.2) is 5.82 Å². The van der Waals surface area contributed by atoms with Crippen LogP contribution in [0.15, 0.2) is 16.7 Å². The monoisotopic (exact) mass is 270 g/mol. The second kappa shape index (κ2) is 5.17. The van der Waals surface area contributed by atoms with E-state index < -0.39 is 12.3 Å². The zero-order valence-electron chi connectivity index (χ0n) is 10.4. The number of aromatic nitrogens is 3. The second-order valence-electron chi connectivity index (χ2n) is 4.04. The van der Waals surface area contributed by atoms with Crippen molar-refractivity contribution in [2.24, 2.45) is 0 Å². The molecule has 0 aliphatic heterocycles. The summed E-state index contributed by atoms with van der Waals surface area (Å²) in [4.78, 5) is 11.7. The van der Waals surface area contributed by atoms with Gasteiger partial charge in [-0.25, -0.2) is 8.78 Å². The normalized spacial score (nSPS) is 11.0. The van der Waals surface area contributed by atoms with Crippen LogP contribution < -0.4 is 5.32 Å². The van der Waals surface area contributed by atoms with Crippen molar-refractivity contribution in [2.75, 3.05) is 5.32 Å². The fourth-order valence-electron chi connectivity index (χ4n) is 1.55. The number of hydrogen-bond acceptors (Lipinski definition) is 4. The number of aryl methyl sites for hydroxylation is 2. The predicted octanol–water partition coefficient (Wildman–Crippen LogP) is 2.06. The van der Waals surface area contributed by atoms with Crippen LogP contribution in [0.2, 0.25) is 0 Å². The van der Waals surface area contributed by atoms with Gasteiger partial charge in [0, 0.05) is 11.8 Å². The van der Waals surface area contributed by atoms with Crippen LogP contribution in [-0.2, 0) is 11.3 Å². The summed E-state index contributed by atoms with van der Waals surface area (Å²) in [5, 5.41) is 9.74. The highest BCUT2D eigenvalue weighted by Gasteiger charge is 2.15. The van der Waals surface area contributed by atoms with Gasteiger partial charge in [-0.1, -0.05) is 5.16 Å². The molecule has 0 atom stereocenters. The lowest BCUT2D eigenvalue weighted by Gasteiger charge is -2.03. The predicted molar refractivity (Wildman–Crippen MR) is 61.8 cm³/mol. The largest absolute Gasteiger partial charge is 0.360 e. The van der Waals surface area contributed by atoms with Gasteiger partial charge in [0.05, 0.1) is 0 Å². The summed E-state index contributed by atoms with van der Waals surface area (Å²) in [5.41, 5.74) is 0.143. The van der Waals surface area contributed by atoms with E-state index in [2.05, 4.69) is 15.6 Å². The number of amides is 1. The van der Waals surface area contributed by atoms with Crippen molar-refractivity contribution >= 4 is 11.7 Å². The van der Waals surface area contributed by atoms with E-state index in [9.17, 15) is 13.6 Å². The molecule has 19 heavy (non-hydrogen) atoms. The first kappa shape index (κ1) is 13.2. The molecule has 0 aliphatic carbocycles. The molecule has 2 heterocycles. The number of halogens is 2. The SMILES string of the molecule is Cc1cc(NC(=O)Cn2nc(C(F)F)cc2C)no1. The van der Waals surface area contributed by atoms with E-state index in [1.165, 1.54) is 10.7 Å². The van der Waals surface area contributed by atoms with Gasteiger partial charge in [-0.15, -0.1) is 0 Å². The molecular formula is C11H12F2N4O2. The Morgan fingerprint density at radius 2 is 2.21 bits per heavy atom. The van der Waals surface area contributed by atoms with Gasteiger partial charge in [-0.3, -0.25) is 9.48 Å². The Morgan fingerprint density at radius 3 is 2.74 bits per heavy atom. The average molecular weight is 270 g/mol. The summed E-state index contributed by atoms with van der Waals surface area (Å²) in [7, 11) is 0. The van der Waals surface area contributed by atoms with Crippen LogP contribution in [0.25, 0.3) is 0 Å². The molecule has 8 heteroatoms. The summed E-state index contributed by atoms with van der Waals surface area (Å²) in [5.74, 6) is 0.423.